The van der Waals surface area contributed by atoms with Crippen molar-refractivity contribution in [2.24, 2.45) is 0 Å². The van der Waals surface area contributed by atoms with Crippen LogP contribution < -0.4 is 5.32 Å². The van der Waals surface area contributed by atoms with E-state index >= 15 is 0 Å². The molecule has 0 aliphatic carbocycles. The molecule has 12 heavy (non-hydrogen) atoms. The van der Waals surface area contributed by atoms with Crippen LogP contribution in [0.25, 0.3) is 0 Å². The van der Waals surface area contributed by atoms with Gasteiger partial charge in [0.1, 0.15) is 6.10 Å². The monoisotopic (exact) mass is 171 g/mol. The maximum Gasteiger partial charge on any atom is 0.254 e. The van der Waals surface area contributed by atoms with Crippen LogP contribution in [0.1, 0.15) is 26.2 Å². The van der Waals surface area contributed by atoms with Crippen molar-refractivity contribution in [3.05, 3.63) is 0 Å². The maximum absolute atomic E-state index is 11.0. The number of rotatable bonds is 3. The Morgan fingerprint density at radius 3 is 2.92 bits per heavy atom. The second-order valence-electron chi connectivity index (χ2n) is 3.49. The number of fused-ring (bicyclic) bond motifs is 1. The summed E-state index contributed by atoms with van der Waals surface area (Å²) in [5.74, 6) is -0.168. The van der Waals surface area contributed by atoms with Gasteiger partial charge in [0, 0.05) is 0 Å². The zero-order chi connectivity index (χ0) is 8.77. The highest BCUT2D eigenvalue weighted by Gasteiger charge is 2.64. The van der Waals surface area contributed by atoms with Crippen molar-refractivity contribution >= 4 is 5.91 Å². The lowest BCUT2D eigenvalue weighted by molar-refractivity contribution is -0.129. The third-order valence-electron chi connectivity index (χ3n) is 2.47. The lowest BCUT2D eigenvalue weighted by Crippen LogP contribution is -2.47. The van der Waals surface area contributed by atoms with Crippen LogP contribution in [0.2, 0.25) is 0 Å². The number of ether oxygens (including phenoxy) is 1. The Kier molecular flexibility index (Phi) is 1.63. The molecule has 0 saturated carbocycles. The van der Waals surface area contributed by atoms with Crippen LogP contribution in [-0.2, 0) is 9.53 Å². The van der Waals surface area contributed by atoms with Gasteiger partial charge in [-0.2, -0.15) is 0 Å². The number of hydrogen-bond donors (Lipinski definition) is 2. The highest BCUT2D eigenvalue weighted by atomic mass is 16.6. The van der Waals surface area contributed by atoms with Crippen LogP contribution >= 0.6 is 0 Å². The van der Waals surface area contributed by atoms with Gasteiger partial charge in [-0.05, 0) is 12.8 Å². The summed E-state index contributed by atoms with van der Waals surface area (Å²) in [6.07, 6.45) is 1.86. The van der Waals surface area contributed by atoms with E-state index in [2.05, 4.69) is 5.32 Å². The van der Waals surface area contributed by atoms with E-state index in [1.54, 1.807) is 0 Å². The molecule has 68 valence electrons. The molecule has 0 aromatic rings. The van der Waals surface area contributed by atoms with Crippen LogP contribution in [0.5, 0.6) is 0 Å². The molecule has 4 heteroatoms. The number of nitrogens with one attached hydrogen (secondary N) is 1. The quantitative estimate of drug-likeness (QED) is 0.576. The number of carbonyl (C=O) groups is 1. The molecule has 0 radical (unpaired) electrons. The van der Waals surface area contributed by atoms with E-state index in [1.807, 2.05) is 6.92 Å². The van der Waals surface area contributed by atoms with Crippen molar-refractivity contribution in [3.63, 3.8) is 0 Å². The van der Waals surface area contributed by atoms with E-state index in [-0.39, 0.29) is 18.1 Å². The third kappa shape index (κ3) is 1.03. The first-order valence-corrected chi connectivity index (χ1v) is 4.37. The number of unbranched alkanes of at least 4 members (excludes halogenated alkanes) is 1. The lowest BCUT2D eigenvalue weighted by Gasteiger charge is -2.23. The minimum absolute atomic E-state index is 0.168. The van der Waals surface area contributed by atoms with Crippen molar-refractivity contribution in [1.29, 1.82) is 0 Å². The van der Waals surface area contributed by atoms with Crippen molar-refractivity contribution in [2.45, 2.75) is 44.1 Å². The Balaban J connectivity index is 1.98. The molecule has 0 aromatic heterocycles. The molecule has 4 nitrogen and oxygen atoms in total. The number of morpholine rings is 1. The van der Waals surface area contributed by atoms with Crippen LogP contribution in [0, 0.1) is 0 Å². The van der Waals surface area contributed by atoms with E-state index in [9.17, 15) is 9.90 Å². The van der Waals surface area contributed by atoms with Gasteiger partial charge in [-0.3, -0.25) is 4.79 Å². The molecule has 2 saturated heterocycles. The predicted octanol–water partition coefficient (Wildman–Crippen LogP) is -0.238. The zero-order valence-corrected chi connectivity index (χ0v) is 7.04. The molecular formula is C8H13NO3. The molecular weight excluding hydrogens is 158 g/mol. The molecule has 2 heterocycles. The molecule has 0 aromatic carbocycles. The van der Waals surface area contributed by atoms with Gasteiger partial charge in [-0.1, -0.05) is 13.3 Å². The van der Waals surface area contributed by atoms with E-state index < -0.39 is 5.72 Å². The maximum atomic E-state index is 11.0. The summed E-state index contributed by atoms with van der Waals surface area (Å²) in [4.78, 5) is 11.0. The minimum atomic E-state index is -1.07. The van der Waals surface area contributed by atoms with E-state index in [0.29, 0.717) is 6.42 Å². The highest BCUT2D eigenvalue weighted by Crippen LogP contribution is 2.39. The first kappa shape index (κ1) is 8.01. The average molecular weight is 171 g/mol. The number of hydrogen-bond acceptors (Lipinski definition) is 3. The molecule has 3 atom stereocenters. The fourth-order valence-electron chi connectivity index (χ4n) is 1.68. The standard InChI is InChI=1S/C8H13NO3/c1-2-3-4-8(11)6-5(12-6)7(10)9-8/h5-6,11H,2-4H2,1H3,(H,9,10)/t5-,6+,8?/m1/s1. The molecule has 1 amide bonds. The van der Waals surface area contributed by atoms with Gasteiger partial charge < -0.3 is 15.2 Å². The summed E-state index contributed by atoms with van der Waals surface area (Å²) in [5.41, 5.74) is -1.07. The van der Waals surface area contributed by atoms with Gasteiger partial charge in [0.05, 0.1) is 0 Å². The molecule has 2 aliphatic heterocycles. The van der Waals surface area contributed by atoms with Crippen LogP contribution in [0.4, 0.5) is 0 Å². The Bertz CT molecular complexity index is 218. The van der Waals surface area contributed by atoms with Gasteiger partial charge in [0.15, 0.2) is 11.8 Å². The number of aliphatic hydroxyl groups is 1. The Morgan fingerprint density at radius 1 is 1.75 bits per heavy atom. The SMILES string of the molecule is CCCCC1(O)NC(=O)[C@@H]2O[C@@H]21. The summed E-state index contributed by atoms with van der Waals surface area (Å²) in [6, 6.07) is 0. The first-order valence-electron chi connectivity index (χ1n) is 4.37. The molecule has 2 N–H and O–H groups in total. The summed E-state index contributed by atoms with van der Waals surface area (Å²) in [7, 11) is 0. The van der Waals surface area contributed by atoms with Crippen LogP contribution in [0.15, 0.2) is 0 Å². The van der Waals surface area contributed by atoms with Crippen molar-refractivity contribution < 1.29 is 14.6 Å². The lowest BCUT2D eigenvalue weighted by atomic mass is 10.0. The van der Waals surface area contributed by atoms with Crippen LogP contribution in [-0.4, -0.2) is 28.9 Å². The average Bonchev–Trinajstić information content (AvgIpc) is 2.75. The highest BCUT2D eigenvalue weighted by molar-refractivity contribution is 5.88. The fourth-order valence-corrected chi connectivity index (χ4v) is 1.68. The number of amides is 1. The van der Waals surface area contributed by atoms with Crippen molar-refractivity contribution in [1.82, 2.24) is 5.32 Å². The van der Waals surface area contributed by atoms with E-state index in [1.165, 1.54) is 0 Å². The van der Waals surface area contributed by atoms with Crippen molar-refractivity contribution in [3.8, 4) is 0 Å². The molecule has 0 spiro atoms. The molecule has 0 bridgehead atoms. The van der Waals surface area contributed by atoms with Gasteiger partial charge in [-0.25, -0.2) is 0 Å². The number of carbonyl (C=O) groups excluding carboxylic acids is 1. The summed E-state index contributed by atoms with van der Waals surface area (Å²) in [5, 5.41) is 12.4. The topological polar surface area (TPSA) is 61.9 Å². The summed E-state index contributed by atoms with van der Waals surface area (Å²) < 4.78 is 5.02. The van der Waals surface area contributed by atoms with Gasteiger partial charge in [0.2, 0.25) is 0 Å². The molecule has 2 aliphatic rings. The molecule has 1 unspecified atom stereocenters. The van der Waals surface area contributed by atoms with Gasteiger partial charge in [0.25, 0.3) is 5.91 Å². The van der Waals surface area contributed by atoms with E-state index in [4.69, 9.17) is 4.74 Å². The largest absolute Gasteiger partial charge is 0.368 e. The fraction of sp³-hybridized carbons (Fsp3) is 0.875. The number of epoxide rings is 1. The predicted molar refractivity (Wildman–Crippen MR) is 41.3 cm³/mol. The van der Waals surface area contributed by atoms with Crippen LogP contribution in [0.3, 0.4) is 0 Å². The van der Waals surface area contributed by atoms with Gasteiger partial charge in [-0.15, -0.1) is 0 Å². The van der Waals surface area contributed by atoms with E-state index in [0.717, 1.165) is 12.8 Å². The summed E-state index contributed by atoms with van der Waals surface area (Å²) in [6.45, 7) is 2.05. The second-order valence-corrected chi connectivity index (χ2v) is 3.49. The summed E-state index contributed by atoms with van der Waals surface area (Å²) >= 11 is 0. The first-order chi connectivity index (χ1) is 5.67. The van der Waals surface area contributed by atoms with Crippen molar-refractivity contribution in [2.75, 3.05) is 0 Å². The molecule has 2 rings (SSSR count). The zero-order valence-electron chi connectivity index (χ0n) is 7.04. The van der Waals surface area contributed by atoms with Gasteiger partial charge >= 0.3 is 0 Å². The normalized spacial score (nSPS) is 44.0. The third-order valence-corrected chi connectivity index (χ3v) is 2.47. The Labute approximate surface area is 70.9 Å². The second kappa shape index (κ2) is 2.44. The Morgan fingerprint density at radius 2 is 2.50 bits per heavy atom. The Hall–Kier alpha value is -0.610. The minimum Gasteiger partial charge on any atom is -0.368 e. The smallest absolute Gasteiger partial charge is 0.254 e. The molecule has 2 fully saturated rings.